The lowest BCUT2D eigenvalue weighted by Gasteiger charge is -2.21. The van der Waals surface area contributed by atoms with Crippen LogP contribution in [-0.4, -0.2) is 17.4 Å². The molecule has 0 spiro atoms. The van der Waals surface area contributed by atoms with E-state index in [1.807, 2.05) is 0 Å². The van der Waals surface area contributed by atoms with Gasteiger partial charge in [0.25, 0.3) is 5.91 Å². The quantitative estimate of drug-likeness (QED) is 0.716. The van der Waals surface area contributed by atoms with Gasteiger partial charge in [-0.3, -0.25) is 9.59 Å². The zero-order valence-electron chi connectivity index (χ0n) is 10.7. The van der Waals surface area contributed by atoms with E-state index >= 15 is 0 Å². The van der Waals surface area contributed by atoms with Crippen LogP contribution in [0.3, 0.4) is 0 Å². The molecule has 0 atom stereocenters. The van der Waals surface area contributed by atoms with Gasteiger partial charge in [-0.15, -0.1) is 0 Å². The van der Waals surface area contributed by atoms with E-state index < -0.39 is 17.4 Å². The van der Waals surface area contributed by atoms with E-state index in [0.717, 1.165) is 5.39 Å². The molecule has 0 aliphatic heterocycles. The van der Waals surface area contributed by atoms with E-state index in [2.05, 4.69) is 5.32 Å². The molecule has 0 bridgehead atoms. The van der Waals surface area contributed by atoms with Crippen LogP contribution in [0.5, 0.6) is 0 Å². The highest BCUT2D eigenvalue weighted by atomic mass is 16.3. The van der Waals surface area contributed by atoms with Crippen molar-refractivity contribution < 1.29 is 14.0 Å². The van der Waals surface area contributed by atoms with Crippen LogP contribution in [0.1, 0.15) is 24.4 Å². The maximum atomic E-state index is 12.0. The normalized spacial score (nSPS) is 11.5. The highest BCUT2D eigenvalue weighted by Crippen LogP contribution is 2.22. The zero-order chi connectivity index (χ0) is 14.2. The molecule has 0 aliphatic carbocycles. The fourth-order valence-corrected chi connectivity index (χ4v) is 1.58. The van der Waals surface area contributed by atoms with Gasteiger partial charge in [-0.1, -0.05) is 0 Å². The number of nitrogen functional groups attached to an aromatic ring is 1. The zero-order valence-corrected chi connectivity index (χ0v) is 10.7. The maximum absolute atomic E-state index is 12.0. The summed E-state index contributed by atoms with van der Waals surface area (Å²) in [6.45, 7) is 3.04. The third-order valence-corrected chi connectivity index (χ3v) is 2.81. The maximum Gasteiger partial charge on any atom is 0.287 e. The second-order valence-electron chi connectivity index (χ2n) is 4.85. The number of nitrogens with one attached hydrogen (secondary N) is 1. The first-order valence-corrected chi connectivity index (χ1v) is 5.71. The molecule has 0 saturated heterocycles. The Morgan fingerprint density at radius 1 is 1.26 bits per heavy atom. The van der Waals surface area contributed by atoms with Gasteiger partial charge in [0.1, 0.15) is 11.1 Å². The number of fused-ring (bicyclic) bond motifs is 1. The average Bonchev–Trinajstić information content (AvgIpc) is 2.71. The molecule has 0 radical (unpaired) electrons. The molecular formula is C13H15N3O3. The number of nitrogens with two attached hydrogens (primary N) is 2. The average molecular weight is 261 g/mol. The van der Waals surface area contributed by atoms with Crippen LogP contribution in [0, 0.1) is 0 Å². The molecule has 2 aromatic rings. The number of anilines is 1. The molecule has 0 aliphatic rings. The number of amides is 2. The Bertz CT molecular complexity index is 658. The number of hydrogen-bond acceptors (Lipinski definition) is 4. The minimum atomic E-state index is -1.14. The van der Waals surface area contributed by atoms with Gasteiger partial charge in [-0.25, -0.2) is 0 Å². The summed E-state index contributed by atoms with van der Waals surface area (Å²) in [5.41, 5.74) is 10.8. The first-order valence-electron chi connectivity index (χ1n) is 5.71. The number of primary amides is 1. The van der Waals surface area contributed by atoms with E-state index in [9.17, 15) is 9.59 Å². The molecule has 6 nitrogen and oxygen atoms in total. The van der Waals surface area contributed by atoms with E-state index in [0.29, 0.717) is 11.3 Å². The molecule has 1 aromatic carbocycles. The lowest BCUT2D eigenvalue weighted by molar-refractivity contribution is -0.122. The Morgan fingerprint density at radius 3 is 2.58 bits per heavy atom. The lowest BCUT2D eigenvalue weighted by Crippen LogP contribution is -2.52. The van der Waals surface area contributed by atoms with Crippen LogP contribution in [0.4, 0.5) is 5.69 Å². The van der Waals surface area contributed by atoms with Crippen LogP contribution < -0.4 is 16.8 Å². The second kappa shape index (κ2) is 4.31. The summed E-state index contributed by atoms with van der Waals surface area (Å²) in [7, 11) is 0. The van der Waals surface area contributed by atoms with Crippen molar-refractivity contribution >= 4 is 28.5 Å². The van der Waals surface area contributed by atoms with Crippen LogP contribution >= 0.6 is 0 Å². The molecule has 2 rings (SSSR count). The number of carbonyl (C=O) groups is 2. The Kier molecular flexibility index (Phi) is 2.94. The minimum absolute atomic E-state index is 0.106. The molecule has 1 heterocycles. The first kappa shape index (κ1) is 12.9. The molecule has 6 heteroatoms. The summed E-state index contributed by atoms with van der Waals surface area (Å²) in [6, 6.07) is 6.63. The molecule has 5 N–H and O–H groups in total. The summed E-state index contributed by atoms with van der Waals surface area (Å²) in [5.74, 6) is -1.02. The molecule has 2 amide bonds. The molecule has 0 unspecified atom stereocenters. The van der Waals surface area contributed by atoms with Gasteiger partial charge in [0.15, 0.2) is 5.76 Å². The molecular weight excluding hydrogens is 246 g/mol. The number of carbonyl (C=O) groups excluding carboxylic acids is 2. The smallest absolute Gasteiger partial charge is 0.287 e. The van der Waals surface area contributed by atoms with Crippen molar-refractivity contribution in [1.29, 1.82) is 0 Å². The summed E-state index contributed by atoms with van der Waals surface area (Å²) < 4.78 is 5.39. The van der Waals surface area contributed by atoms with Gasteiger partial charge >= 0.3 is 0 Å². The Hall–Kier alpha value is -2.50. The number of hydrogen-bond donors (Lipinski definition) is 3. The van der Waals surface area contributed by atoms with Gasteiger partial charge in [-0.2, -0.15) is 0 Å². The fraction of sp³-hybridized carbons (Fsp3) is 0.231. The van der Waals surface area contributed by atoms with Crippen molar-refractivity contribution in [2.24, 2.45) is 5.73 Å². The fourth-order valence-electron chi connectivity index (χ4n) is 1.58. The van der Waals surface area contributed by atoms with Gasteiger partial charge in [-0.05, 0) is 38.1 Å². The Balaban J connectivity index is 2.29. The van der Waals surface area contributed by atoms with Crippen LogP contribution in [0.25, 0.3) is 11.0 Å². The summed E-state index contributed by atoms with van der Waals surface area (Å²) >= 11 is 0. The van der Waals surface area contributed by atoms with Crippen LogP contribution in [0.15, 0.2) is 28.7 Å². The van der Waals surface area contributed by atoms with E-state index in [4.69, 9.17) is 15.9 Å². The van der Waals surface area contributed by atoms with Crippen molar-refractivity contribution in [3.8, 4) is 0 Å². The summed E-state index contributed by atoms with van der Waals surface area (Å²) in [6.07, 6.45) is 0. The summed E-state index contributed by atoms with van der Waals surface area (Å²) in [5, 5.41) is 3.23. The number of rotatable bonds is 3. The monoisotopic (exact) mass is 261 g/mol. The molecule has 1 aromatic heterocycles. The molecule has 0 saturated carbocycles. The highest BCUT2D eigenvalue weighted by Gasteiger charge is 2.28. The van der Waals surface area contributed by atoms with Crippen molar-refractivity contribution in [3.63, 3.8) is 0 Å². The highest BCUT2D eigenvalue weighted by molar-refractivity contribution is 5.99. The topological polar surface area (TPSA) is 111 Å². The Labute approximate surface area is 109 Å². The molecule has 100 valence electrons. The van der Waals surface area contributed by atoms with Crippen molar-refractivity contribution in [3.05, 3.63) is 30.0 Å². The molecule has 0 fully saturated rings. The second-order valence-corrected chi connectivity index (χ2v) is 4.85. The van der Waals surface area contributed by atoms with Crippen LogP contribution in [-0.2, 0) is 4.79 Å². The Morgan fingerprint density at radius 2 is 1.95 bits per heavy atom. The number of furan rings is 1. The summed E-state index contributed by atoms with van der Waals surface area (Å²) in [4.78, 5) is 23.1. The van der Waals surface area contributed by atoms with Gasteiger partial charge in [0.2, 0.25) is 5.91 Å². The number of benzene rings is 1. The predicted octanol–water partition coefficient (Wildman–Crippen LogP) is 1.01. The lowest BCUT2D eigenvalue weighted by atomic mass is 10.1. The van der Waals surface area contributed by atoms with Crippen LogP contribution in [0.2, 0.25) is 0 Å². The minimum Gasteiger partial charge on any atom is -0.451 e. The largest absolute Gasteiger partial charge is 0.451 e. The van der Waals surface area contributed by atoms with Gasteiger partial charge in [0.05, 0.1) is 0 Å². The third-order valence-electron chi connectivity index (χ3n) is 2.81. The van der Waals surface area contributed by atoms with Crippen molar-refractivity contribution in [2.45, 2.75) is 19.4 Å². The predicted molar refractivity (Wildman–Crippen MR) is 71.4 cm³/mol. The van der Waals surface area contributed by atoms with E-state index in [1.54, 1.807) is 24.3 Å². The van der Waals surface area contributed by atoms with E-state index in [-0.39, 0.29) is 5.76 Å². The van der Waals surface area contributed by atoms with Crippen molar-refractivity contribution in [1.82, 2.24) is 5.32 Å². The SMILES string of the molecule is CC(C)(NC(=O)c1cc2cc(N)ccc2o1)C(N)=O. The van der Waals surface area contributed by atoms with Gasteiger partial charge in [0, 0.05) is 11.1 Å². The van der Waals surface area contributed by atoms with Gasteiger partial charge < -0.3 is 21.2 Å². The first-order chi connectivity index (χ1) is 8.79. The standard InChI is InChI=1S/C13H15N3O3/c1-13(2,12(15)18)16-11(17)10-6-7-5-8(14)3-4-9(7)19-10/h3-6H,14H2,1-2H3,(H2,15,18)(H,16,17). The van der Waals surface area contributed by atoms with Crippen molar-refractivity contribution in [2.75, 3.05) is 5.73 Å². The third kappa shape index (κ3) is 2.52. The molecule has 19 heavy (non-hydrogen) atoms. The van der Waals surface area contributed by atoms with E-state index in [1.165, 1.54) is 13.8 Å².